The van der Waals surface area contributed by atoms with Gasteiger partial charge in [-0.3, -0.25) is 14.5 Å². The Morgan fingerprint density at radius 1 is 1.37 bits per heavy atom. The molecular weight excluding hydrogens is 342 g/mol. The van der Waals surface area contributed by atoms with Gasteiger partial charge in [-0.2, -0.15) is 0 Å². The summed E-state index contributed by atoms with van der Waals surface area (Å²) in [5, 5.41) is 5.78. The molecule has 7 heteroatoms. The van der Waals surface area contributed by atoms with Gasteiger partial charge < -0.3 is 15.6 Å². The number of piperazine rings is 1. The standard InChI is InChI=1S/C20H29N5O2/c1-12(2)25-10-9-22-20(27)16(25)11-18(26)21-8-7-17-23-15-6-5-13(3)14(4)19(15)24-17/h5-6,12,16H,7-11H2,1-4H3,(H,21,26)(H,22,27)(H,23,24). The first-order chi connectivity index (χ1) is 12.9. The zero-order chi connectivity index (χ0) is 19.6. The minimum atomic E-state index is -0.393. The largest absolute Gasteiger partial charge is 0.356 e. The fraction of sp³-hybridized carbons (Fsp3) is 0.550. The molecule has 1 unspecified atom stereocenters. The second-order valence-electron chi connectivity index (χ2n) is 7.53. The number of imidazole rings is 1. The second kappa shape index (κ2) is 8.08. The van der Waals surface area contributed by atoms with Crippen LogP contribution in [0.25, 0.3) is 11.0 Å². The summed E-state index contributed by atoms with van der Waals surface area (Å²) in [4.78, 5) is 34.5. The molecule has 3 rings (SSSR count). The number of fused-ring (bicyclic) bond motifs is 1. The van der Waals surface area contributed by atoms with Crippen molar-refractivity contribution in [2.75, 3.05) is 19.6 Å². The number of H-pyrrole nitrogens is 1. The first-order valence-electron chi connectivity index (χ1n) is 9.61. The minimum absolute atomic E-state index is 0.0618. The van der Waals surface area contributed by atoms with Gasteiger partial charge in [0.2, 0.25) is 11.8 Å². The summed E-state index contributed by atoms with van der Waals surface area (Å²) in [6.07, 6.45) is 0.812. The average molecular weight is 371 g/mol. The van der Waals surface area contributed by atoms with Crippen molar-refractivity contribution in [2.45, 2.75) is 52.6 Å². The number of rotatable bonds is 6. The summed E-state index contributed by atoms with van der Waals surface area (Å²) < 4.78 is 0. The molecule has 0 radical (unpaired) electrons. The van der Waals surface area contributed by atoms with Crippen LogP contribution >= 0.6 is 0 Å². The minimum Gasteiger partial charge on any atom is -0.356 e. The molecular formula is C20H29N5O2. The van der Waals surface area contributed by atoms with E-state index >= 15 is 0 Å². The van der Waals surface area contributed by atoms with E-state index in [0.717, 1.165) is 23.4 Å². The third-order valence-corrected chi connectivity index (χ3v) is 5.33. The van der Waals surface area contributed by atoms with E-state index in [-0.39, 0.29) is 24.3 Å². The molecule has 1 aliphatic rings. The maximum atomic E-state index is 12.3. The number of carbonyl (C=O) groups is 2. The Morgan fingerprint density at radius 2 is 2.15 bits per heavy atom. The van der Waals surface area contributed by atoms with Crippen molar-refractivity contribution in [3.63, 3.8) is 0 Å². The van der Waals surface area contributed by atoms with Gasteiger partial charge in [-0.05, 0) is 44.9 Å². The molecule has 1 aromatic carbocycles. The monoisotopic (exact) mass is 371 g/mol. The van der Waals surface area contributed by atoms with Crippen molar-refractivity contribution in [1.29, 1.82) is 0 Å². The van der Waals surface area contributed by atoms with E-state index in [0.29, 0.717) is 19.5 Å². The van der Waals surface area contributed by atoms with Crippen LogP contribution in [0.15, 0.2) is 12.1 Å². The third kappa shape index (κ3) is 4.30. The van der Waals surface area contributed by atoms with E-state index in [2.05, 4.69) is 59.3 Å². The molecule has 1 atom stereocenters. The molecule has 1 fully saturated rings. The molecule has 2 amide bonds. The number of hydrogen-bond acceptors (Lipinski definition) is 4. The Labute approximate surface area is 159 Å². The van der Waals surface area contributed by atoms with Crippen LogP contribution in [-0.2, 0) is 16.0 Å². The van der Waals surface area contributed by atoms with Crippen molar-refractivity contribution < 1.29 is 9.59 Å². The first kappa shape index (κ1) is 19.4. The van der Waals surface area contributed by atoms with E-state index in [1.165, 1.54) is 11.1 Å². The summed E-state index contributed by atoms with van der Waals surface area (Å²) in [5.74, 6) is 0.692. The molecule has 3 N–H and O–H groups in total. The lowest BCUT2D eigenvalue weighted by Crippen LogP contribution is -2.58. The van der Waals surface area contributed by atoms with Gasteiger partial charge in [0.1, 0.15) is 5.82 Å². The van der Waals surface area contributed by atoms with Crippen LogP contribution in [0.1, 0.15) is 37.2 Å². The van der Waals surface area contributed by atoms with Gasteiger partial charge in [-0.15, -0.1) is 0 Å². The van der Waals surface area contributed by atoms with E-state index < -0.39 is 6.04 Å². The number of aromatic amines is 1. The predicted octanol–water partition coefficient (Wildman–Crippen LogP) is 1.44. The van der Waals surface area contributed by atoms with Crippen LogP contribution in [0.5, 0.6) is 0 Å². The highest BCUT2D eigenvalue weighted by molar-refractivity contribution is 5.88. The molecule has 0 spiro atoms. The second-order valence-corrected chi connectivity index (χ2v) is 7.53. The number of hydrogen-bond donors (Lipinski definition) is 3. The quantitative estimate of drug-likeness (QED) is 0.717. The van der Waals surface area contributed by atoms with Crippen molar-refractivity contribution in [2.24, 2.45) is 0 Å². The fourth-order valence-electron chi connectivity index (χ4n) is 3.61. The van der Waals surface area contributed by atoms with Crippen molar-refractivity contribution in [3.8, 4) is 0 Å². The number of benzene rings is 1. The molecule has 146 valence electrons. The smallest absolute Gasteiger partial charge is 0.237 e. The average Bonchev–Trinajstić information content (AvgIpc) is 3.03. The lowest BCUT2D eigenvalue weighted by molar-refractivity contribution is -0.134. The highest BCUT2D eigenvalue weighted by Gasteiger charge is 2.32. The van der Waals surface area contributed by atoms with Gasteiger partial charge in [-0.25, -0.2) is 4.98 Å². The van der Waals surface area contributed by atoms with E-state index in [1.54, 1.807) is 0 Å². The van der Waals surface area contributed by atoms with Crippen LogP contribution < -0.4 is 10.6 Å². The predicted molar refractivity (Wildman–Crippen MR) is 106 cm³/mol. The molecule has 2 aromatic rings. The number of aryl methyl sites for hydroxylation is 2. The summed E-state index contributed by atoms with van der Waals surface area (Å²) in [6.45, 7) is 10.2. The SMILES string of the molecule is Cc1ccc2[nH]c(CCNC(=O)CC3C(=O)NCCN3C(C)C)nc2c1C. The zero-order valence-corrected chi connectivity index (χ0v) is 16.6. The van der Waals surface area contributed by atoms with Gasteiger partial charge in [-0.1, -0.05) is 6.07 Å². The van der Waals surface area contributed by atoms with Crippen LogP contribution in [0.2, 0.25) is 0 Å². The molecule has 1 aromatic heterocycles. The van der Waals surface area contributed by atoms with Crippen LogP contribution in [0.3, 0.4) is 0 Å². The van der Waals surface area contributed by atoms with Gasteiger partial charge in [0.25, 0.3) is 0 Å². The fourth-order valence-corrected chi connectivity index (χ4v) is 3.61. The third-order valence-electron chi connectivity index (χ3n) is 5.33. The molecule has 0 bridgehead atoms. The number of carbonyl (C=O) groups excluding carboxylic acids is 2. The molecule has 7 nitrogen and oxygen atoms in total. The Kier molecular flexibility index (Phi) is 5.79. The highest BCUT2D eigenvalue weighted by Crippen LogP contribution is 2.19. The van der Waals surface area contributed by atoms with Gasteiger partial charge in [0.15, 0.2) is 0 Å². The van der Waals surface area contributed by atoms with Gasteiger partial charge >= 0.3 is 0 Å². The Morgan fingerprint density at radius 3 is 2.89 bits per heavy atom. The Bertz CT molecular complexity index is 842. The summed E-state index contributed by atoms with van der Waals surface area (Å²) in [7, 11) is 0. The van der Waals surface area contributed by atoms with Crippen molar-refractivity contribution in [1.82, 2.24) is 25.5 Å². The van der Waals surface area contributed by atoms with Gasteiger partial charge in [0, 0.05) is 32.1 Å². The van der Waals surface area contributed by atoms with Crippen LogP contribution in [-0.4, -0.2) is 58.4 Å². The summed E-state index contributed by atoms with van der Waals surface area (Å²) in [5.41, 5.74) is 4.40. The zero-order valence-electron chi connectivity index (χ0n) is 16.6. The van der Waals surface area contributed by atoms with Gasteiger partial charge in [0.05, 0.1) is 23.5 Å². The normalized spacial score (nSPS) is 18.1. The molecule has 2 heterocycles. The lowest BCUT2D eigenvalue weighted by atomic mass is 10.1. The molecule has 27 heavy (non-hydrogen) atoms. The topological polar surface area (TPSA) is 90.1 Å². The van der Waals surface area contributed by atoms with Crippen molar-refractivity contribution in [3.05, 3.63) is 29.1 Å². The maximum Gasteiger partial charge on any atom is 0.237 e. The van der Waals surface area contributed by atoms with E-state index in [1.807, 2.05) is 6.07 Å². The number of aromatic nitrogens is 2. The number of nitrogens with one attached hydrogen (secondary N) is 3. The molecule has 1 saturated heterocycles. The highest BCUT2D eigenvalue weighted by atomic mass is 16.2. The van der Waals surface area contributed by atoms with Crippen molar-refractivity contribution >= 4 is 22.8 Å². The number of nitrogens with zero attached hydrogens (tertiary/aromatic N) is 2. The Balaban J connectivity index is 1.55. The Hall–Kier alpha value is -2.41. The summed E-state index contributed by atoms with van der Waals surface area (Å²) in [6, 6.07) is 3.96. The first-order valence-corrected chi connectivity index (χ1v) is 9.61. The lowest BCUT2D eigenvalue weighted by Gasteiger charge is -2.37. The number of amides is 2. The van der Waals surface area contributed by atoms with Crippen LogP contribution in [0.4, 0.5) is 0 Å². The molecule has 1 aliphatic heterocycles. The van der Waals surface area contributed by atoms with Crippen LogP contribution in [0, 0.1) is 13.8 Å². The van der Waals surface area contributed by atoms with E-state index in [4.69, 9.17) is 0 Å². The maximum absolute atomic E-state index is 12.3. The van der Waals surface area contributed by atoms with E-state index in [9.17, 15) is 9.59 Å². The molecule has 0 aliphatic carbocycles. The summed E-state index contributed by atoms with van der Waals surface area (Å²) >= 11 is 0. The molecule has 0 saturated carbocycles.